The number of primary amides is 1. The number of nitrogens with two attached hydrogens (primary N) is 1. The third-order valence-electron chi connectivity index (χ3n) is 10.2. The number of nitrogens with one attached hydrogen (secondary N) is 1. The lowest BCUT2D eigenvalue weighted by atomic mass is 9.73. The van der Waals surface area contributed by atoms with Crippen molar-refractivity contribution in [2.24, 2.45) is 23.5 Å². The van der Waals surface area contributed by atoms with Gasteiger partial charge in [-0.25, -0.2) is 0 Å². The van der Waals surface area contributed by atoms with E-state index in [4.69, 9.17) is 5.73 Å². The van der Waals surface area contributed by atoms with Crippen LogP contribution in [-0.2, 0) is 27.1 Å². The Hall–Kier alpha value is -4.92. The fraction of sp³-hybridized carbons (Fsp3) is 0.341. The summed E-state index contributed by atoms with van der Waals surface area (Å²) in [6, 6.07) is 26.5. The molecule has 260 valence electrons. The zero-order chi connectivity index (χ0) is 35.4. The SMILES string of the molecule is CCCC[C@H](C(N)=O)[C@@H](CC1CCC1)C(=O)NC1C(=O)N(Cc2cccc(-c3ccc(C(F)(F)F)cc3)c2)c2ccccc2-c2ccccc21. The summed E-state index contributed by atoms with van der Waals surface area (Å²) in [6.07, 6.45) is 1.36. The molecule has 3 N–H and O–H groups in total. The number of carbonyl (C=O) groups is 3. The number of carbonyl (C=O) groups excluding carboxylic acids is 3. The average Bonchev–Trinajstić information content (AvgIpc) is 3.18. The summed E-state index contributed by atoms with van der Waals surface area (Å²) in [5, 5.41) is 3.11. The van der Waals surface area contributed by atoms with E-state index < -0.39 is 35.5 Å². The summed E-state index contributed by atoms with van der Waals surface area (Å²) >= 11 is 0. The molecule has 4 aromatic carbocycles. The molecule has 1 fully saturated rings. The molecule has 3 atom stereocenters. The van der Waals surface area contributed by atoms with Crippen molar-refractivity contribution >= 4 is 23.4 Å². The van der Waals surface area contributed by atoms with Gasteiger partial charge < -0.3 is 16.0 Å². The van der Waals surface area contributed by atoms with Crippen LogP contribution >= 0.6 is 0 Å². The number of fused-ring (bicyclic) bond motifs is 3. The van der Waals surface area contributed by atoms with Crippen LogP contribution in [-0.4, -0.2) is 17.7 Å². The molecule has 9 heteroatoms. The van der Waals surface area contributed by atoms with Gasteiger partial charge in [0.2, 0.25) is 11.8 Å². The van der Waals surface area contributed by atoms with Gasteiger partial charge >= 0.3 is 6.18 Å². The summed E-state index contributed by atoms with van der Waals surface area (Å²) in [5.74, 6) is -2.12. The number of halogens is 3. The minimum atomic E-state index is -4.43. The zero-order valence-electron chi connectivity index (χ0n) is 28.1. The fourth-order valence-corrected chi connectivity index (χ4v) is 7.28. The molecule has 1 heterocycles. The number of nitrogens with zero attached hydrogens (tertiary/aromatic N) is 1. The number of rotatable bonds is 12. The molecule has 1 aliphatic heterocycles. The van der Waals surface area contributed by atoms with Gasteiger partial charge in [0.15, 0.2) is 0 Å². The molecule has 0 radical (unpaired) electrons. The zero-order valence-corrected chi connectivity index (χ0v) is 28.1. The summed E-state index contributed by atoms with van der Waals surface area (Å²) < 4.78 is 39.6. The molecule has 1 unspecified atom stereocenters. The average molecular weight is 682 g/mol. The van der Waals surface area contributed by atoms with E-state index in [1.54, 1.807) is 4.90 Å². The van der Waals surface area contributed by atoms with E-state index in [9.17, 15) is 27.6 Å². The van der Waals surface area contributed by atoms with Crippen LogP contribution in [0.2, 0.25) is 0 Å². The monoisotopic (exact) mass is 681 g/mol. The minimum absolute atomic E-state index is 0.149. The summed E-state index contributed by atoms with van der Waals surface area (Å²) in [6.45, 7) is 2.18. The first-order valence-corrected chi connectivity index (χ1v) is 17.4. The number of unbranched alkanes of at least 4 members (excludes halogenated alkanes) is 1. The molecule has 50 heavy (non-hydrogen) atoms. The van der Waals surface area contributed by atoms with Crippen molar-refractivity contribution in [3.8, 4) is 22.3 Å². The molecule has 6 nitrogen and oxygen atoms in total. The van der Waals surface area contributed by atoms with E-state index in [0.29, 0.717) is 41.1 Å². The molecule has 3 amide bonds. The third-order valence-corrected chi connectivity index (χ3v) is 10.2. The Morgan fingerprint density at radius 2 is 1.58 bits per heavy atom. The molecule has 6 rings (SSSR count). The maximum atomic E-state index is 14.8. The lowest BCUT2D eigenvalue weighted by molar-refractivity contribution is -0.137. The second-order valence-electron chi connectivity index (χ2n) is 13.5. The van der Waals surface area contributed by atoms with E-state index in [1.165, 1.54) is 12.1 Å². The predicted molar refractivity (Wildman–Crippen MR) is 188 cm³/mol. The van der Waals surface area contributed by atoms with Crippen molar-refractivity contribution in [3.63, 3.8) is 0 Å². The smallest absolute Gasteiger partial charge is 0.369 e. The maximum Gasteiger partial charge on any atom is 0.416 e. The van der Waals surface area contributed by atoms with E-state index in [-0.39, 0.29) is 18.4 Å². The molecule has 0 spiro atoms. The van der Waals surface area contributed by atoms with Crippen LogP contribution in [0.4, 0.5) is 18.9 Å². The quantitative estimate of drug-likeness (QED) is 0.157. The maximum absolute atomic E-state index is 14.8. The van der Waals surface area contributed by atoms with E-state index in [1.807, 2.05) is 79.7 Å². The van der Waals surface area contributed by atoms with Gasteiger partial charge in [-0.15, -0.1) is 0 Å². The minimum Gasteiger partial charge on any atom is -0.369 e. The molecule has 0 saturated heterocycles. The Labute approximate surface area is 290 Å². The highest BCUT2D eigenvalue weighted by Gasteiger charge is 2.40. The lowest BCUT2D eigenvalue weighted by Crippen LogP contribution is -2.47. The Kier molecular flexibility index (Phi) is 10.4. The molecular weight excluding hydrogens is 639 g/mol. The normalized spacial score (nSPS) is 17.2. The van der Waals surface area contributed by atoms with Gasteiger partial charge in [-0.05, 0) is 70.8 Å². The first-order valence-electron chi connectivity index (χ1n) is 17.4. The van der Waals surface area contributed by atoms with Gasteiger partial charge in [0, 0.05) is 17.4 Å². The van der Waals surface area contributed by atoms with Crippen molar-refractivity contribution in [3.05, 3.63) is 114 Å². The highest BCUT2D eigenvalue weighted by atomic mass is 19.4. The van der Waals surface area contributed by atoms with Gasteiger partial charge in [-0.3, -0.25) is 14.4 Å². The highest BCUT2D eigenvalue weighted by Crippen LogP contribution is 2.42. The standard InChI is InChI=1S/C41H42F3N3O3/c1-2-3-14-34(38(45)48)35(24-26-10-8-11-26)39(49)46-37-33-17-5-4-15-31(33)32-16-6-7-18-36(32)47(40(37)50)25-27-12-9-13-29(23-27)28-19-21-30(22-20-28)41(42,43)44/h4-7,9,12-13,15-23,26,34-35,37H,2-3,8,10-11,14,24-25H2,1H3,(H2,45,48)(H,46,49)/t34-,35+,37?/m0/s1. The molecule has 0 bridgehead atoms. The second-order valence-corrected chi connectivity index (χ2v) is 13.5. The second kappa shape index (κ2) is 14.9. The summed E-state index contributed by atoms with van der Waals surface area (Å²) in [7, 11) is 0. The number of para-hydroxylation sites is 1. The van der Waals surface area contributed by atoms with E-state index in [2.05, 4.69) is 5.32 Å². The van der Waals surface area contributed by atoms with Crippen LogP contribution in [0.15, 0.2) is 97.1 Å². The number of amides is 3. The number of benzene rings is 4. The third kappa shape index (κ3) is 7.47. The van der Waals surface area contributed by atoms with Crippen LogP contribution < -0.4 is 16.0 Å². The number of anilines is 1. The van der Waals surface area contributed by atoms with E-state index in [0.717, 1.165) is 60.9 Å². The molecule has 2 aliphatic rings. The Morgan fingerprint density at radius 1 is 0.880 bits per heavy atom. The fourth-order valence-electron chi connectivity index (χ4n) is 7.28. The van der Waals surface area contributed by atoms with Crippen LogP contribution in [0.25, 0.3) is 22.3 Å². The number of alkyl halides is 3. The van der Waals surface area contributed by atoms with Crippen molar-refractivity contribution in [1.82, 2.24) is 5.32 Å². The summed E-state index contributed by atoms with van der Waals surface area (Å²) in [5.41, 5.74) is 10.3. The Balaban J connectivity index is 1.35. The van der Waals surface area contributed by atoms with Gasteiger partial charge in [0.25, 0.3) is 5.91 Å². The van der Waals surface area contributed by atoms with Crippen molar-refractivity contribution in [1.29, 1.82) is 0 Å². The number of hydrogen-bond donors (Lipinski definition) is 2. The first-order chi connectivity index (χ1) is 24.0. The van der Waals surface area contributed by atoms with Crippen molar-refractivity contribution < 1.29 is 27.6 Å². The number of hydrogen-bond acceptors (Lipinski definition) is 3. The Morgan fingerprint density at radius 3 is 2.24 bits per heavy atom. The topological polar surface area (TPSA) is 92.5 Å². The highest BCUT2D eigenvalue weighted by molar-refractivity contribution is 6.06. The predicted octanol–water partition coefficient (Wildman–Crippen LogP) is 8.84. The Bertz CT molecular complexity index is 1850. The molecule has 4 aromatic rings. The lowest BCUT2D eigenvalue weighted by Gasteiger charge is -2.33. The van der Waals surface area contributed by atoms with Crippen LogP contribution in [0, 0.1) is 17.8 Å². The van der Waals surface area contributed by atoms with Crippen LogP contribution in [0.5, 0.6) is 0 Å². The van der Waals surface area contributed by atoms with Crippen molar-refractivity contribution in [2.75, 3.05) is 4.90 Å². The van der Waals surface area contributed by atoms with Gasteiger partial charge in [0.1, 0.15) is 6.04 Å². The van der Waals surface area contributed by atoms with Crippen LogP contribution in [0.3, 0.4) is 0 Å². The molecular formula is C41H42F3N3O3. The van der Waals surface area contributed by atoms with Gasteiger partial charge in [-0.1, -0.05) is 112 Å². The molecule has 1 aliphatic carbocycles. The van der Waals surface area contributed by atoms with Crippen molar-refractivity contribution in [2.45, 2.75) is 70.6 Å². The largest absolute Gasteiger partial charge is 0.416 e. The van der Waals surface area contributed by atoms with Gasteiger partial charge in [0.05, 0.1) is 17.8 Å². The first kappa shape index (κ1) is 34.9. The summed E-state index contributed by atoms with van der Waals surface area (Å²) in [4.78, 5) is 43.6. The van der Waals surface area contributed by atoms with Crippen LogP contribution in [0.1, 0.15) is 74.6 Å². The molecule has 1 saturated carbocycles. The van der Waals surface area contributed by atoms with E-state index >= 15 is 0 Å². The molecule has 0 aromatic heterocycles. The van der Waals surface area contributed by atoms with Gasteiger partial charge in [-0.2, -0.15) is 13.2 Å².